The summed E-state index contributed by atoms with van der Waals surface area (Å²) in [5.41, 5.74) is 1.80. The van der Waals surface area contributed by atoms with E-state index in [1.54, 1.807) is 11.8 Å². The van der Waals surface area contributed by atoms with Gasteiger partial charge in [0.25, 0.3) is 5.91 Å². The molecule has 2 aliphatic heterocycles. The van der Waals surface area contributed by atoms with Gasteiger partial charge < -0.3 is 9.64 Å². The molecule has 2 heterocycles. The van der Waals surface area contributed by atoms with Crippen LogP contribution in [0.1, 0.15) is 25.8 Å². The van der Waals surface area contributed by atoms with Gasteiger partial charge in [-0.3, -0.25) is 14.5 Å². The van der Waals surface area contributed by atoms with Crippen LogP contribution < -0.4 is 4.90 Å². The Hall–Kier alpha value is -2.41. The van der Waals surface area contributed by atoms with Crippen LogP contribution in [0.25, 0.3) is 0 Å². The fourth-order valence-electron chi connectivity index (χ4n) is 3.48. The summed E-state index contributed by atoms with van der Waals surface area (Å²) in [7, 11) is 0. The molecule has 7 heteroatoms. The van der Waals surface area contributed by atoms with Crippen molar-refractivity contribution in [1.82, 2.24) is 9.80 Å². The predicted octanol–water partition coefficient (Wildman–Crippen LogP) is 1.65. The lowest BCUT2D eigenvalue weighted by Crippen LogP contribution is -2.54. The van der Waals surface area contributed by atoms with E-state index in [1.165, 1.54) is 10.5 Å². The van der Waals surface area contributed by atoms with Gasteiger partial charge >= 0.3 is 6.09 Å². The maximum absolute atomic E-state index is 12.8. The lowest BCUT2D eigenvalue weighted by atomic mass is 10.1. The molecule has 0 aromatic heterocycles. The number of nitrogens with zero attached hydrogens (tertiary/aromatic N) is 3. The van der Waals surface area contributed by atoms with Gasteiger partial charge in [0.2, 0.25) is 5.91 Å². The Bertz CT molecular complexity index is 681. The minimum atomic E-state index is -0.447. The number of hydrogen-bond donors (Lipinski definition) is 0. The molecule has 3 amide bonds. The van der Waals surface area contributed by atoms with Gasteiger partial charge in [0.05, 0.1) is 24.8 Å². The molecule has 1 unspecified atom stereocenters. The number of benzene rings is 1. The zero-order valence-electron chi connectivity index (χ0n) is 15.3. The number of ether oxygens (including phenoxy) is 1. The SMILES string of the molecule is CCOC(=O)N1CCN(C2CC(=O)N(c3ccc(CC)cc3)C2=O)CC1. The Morgan fingerprint density at radius 2 is 1.73 bits per heavy atom. The van der Waals surface area contributed by atoms with Gasteiger partial charge in [-0.1, -0.05) is 19.1 Å². The van der Waals surface area contributed by atoms with Gasteiger partial charge in [-0.15, -0.1) is 0 Å². The number of carbonyl (C=O) groups excluding carboxylic acids is 3. The molecular weight excluding hydrogens is 334 g/mol. The average molecular weight is 359 g/mol. The first-order chi connectivity index (χ1) is 12.5. The van der Waals surface area contributed by atoms with Gasteiger partial charge in [-0.05, 0) is 31.0 Å². The molecule has 1 atom stereocenters. The minimum absolute atomic E-state index is 0.169. The number of anilines is 1. The maximum Gasteiger partial charge on any atom is 0.409 e. The quantitative estimate of drug-likeness (QED) is 0.765. The predicted molar refractivity (Wildman–Crippen MR) is 96.9 cm³/mol. The van der Waals surface area contributed by atoms with Crippen LogP contribution in [0.2, 0.25) is 0 Å². The number of carbonyl (C=O) groups is 3. The summed E-state index contributed by atoms with van der Waals surface area (Å²) in [5, 5.41) is 0. The first-order valence-corrected chi connectivity index (χ1v) is 9.16. The highest BCUT2D eigenvalue weighted by Crippen LogP contribution is 2.26. The van der Waals surface area contributed by atoms with Crippen LogP contribution in [-0.2, 0) is 20.7 Å². The van der Waals surface area contributed by atoms with Crippen LogP contribution in [0, 0.1) is 0 Å². The fraction of sp³-hybridized carbons (Fsp3) is 0.526. The summed E-state index contributed by atoms with van der Waals surface area (Å²) in [6.07, 6.45) is 0.780. The Labute approximate surface area is 153 Å². The number of imide groups is 1. The van der Waals surface area contributed by atoms with Crippen molar-refractivity contribution in [2.24, 2.45) is 0 Å². The van der Waals surface area contributed by atoms with Gasteiger partial charge in [-0.25, -0.2) is 9.69 Å². The molecule has 0 aliphatic carbocycles. The molecule has 2 fully saturated rings. The summed E-state index contributed by atoms with van der Waals surface area (Å²) in [4.78, 5) is 42.0. The number of amides is 3. The second-order valence-corrected chi connectivity index (χ2v) is 6.53. The fourth-order valence-corrected chi connectivity index (χ4v) is 3.48. The van der Waals surface area contributed by atoms with E-state index in [1.807, 2.05) is 29.2 Å². The van der Waals surface area contributed by atoms with E-state index >= 15 is 0 Å². The molecule has 0 saturated carbocycles. The smallest absolute Gasteiger partial charge is 0.409 e. The normalized spacial score (nSPS) is 21.4. The van der Waals surface area contributed by atoms with E-state index in [0.717, 1.165) is 6.42 Å². The van der Waals surface area contributed by atoms with Crippen molar-refractivity contribution < 1.29 is 19.1 Å². The van der Waals surface area contributed by atoms with E-state index in [4.69, 9.17) is 4.74 Å². The number of aryl methyl sites for hydroxylation is 1. The molecule has 26 heavy (non-hydrogen) atoms. The standard InChI is InChI=1S/C19H25N3O4/c1-3-14-5-7-15(8-6-14)22-17(23)13-16(18(22)24)20-9-11-21(12-10-20)19(25)26-4-2/h5-8,16H,3-4,9-13H2,1-2H3. The van der Waals surface area contributed by atoms with Crippen molar-refractivity contribution in [2.75, 3.05) is 37.7 Å². The van der Waals surface area contributed by atoms with Crippen LogP contribution in [-0.4, -0.2) is 66.5 Å². The molecule has 1 aromatic rings. The highest BCUT2D eigenvalue weighted by atomic mass is 16.6. The molecule has 0 radical (unpaired) electrons. The Morgan fingerprint density at radius 3 is 2.31 bits per heavy atom. The molecule has 0 N–H and O–H groups in total. The molecule has 3 rings (SSSR count). The van der Waals surface area contributed by atoms with E-state index in [0.29, 0.717) is 38.5 Å². The molecule has 2 saturated heterocycles. The third-order valence-electron chi connectivity index (χ3n) is 5.01. The third-order valence-corrected chi connectivity index (χ3v) is 5.01. The van der Waals surface area contributed by atoms with Crippen molar-refractivity contribution in [3.63, 3.8) is 0 Å². The first-order valence-electron chi connectivity index (χ1n) is 9.16. The Morgan fingerprint density at radius 1 is 1.08 bits per heavy atom. The average Bonchev–Trinajstić information content (AvgIpc) is 2.96. The summed E-state index contributed by atoms with van der Waals surface area (Å²) in [6, 6.07) is 7.10. The second-order valence-electron chi connectivity index (χ2n) is 6.53. The zero-order chi connectivity index (χ0) is 18.7. The largest absolute Gasteiger partial charge is 0.450 e. The van der Waals surface area contributed by atoms with Crippen molar-refractivity contribution >= 4 is 23.6 Å². The highest BCUT2D eigenvalue weighted by molar-refractivity contribution is 6.22. The Balaban J connectivity index is 1.65. The van der Waals surface area contributed by atoms with Crippen LogP contribution in [0.4, 0.5) is 10.5 Å². The lowest BCUT2D eigenvalue weighted by Gasteiger charge is -2.36. The summed E-state index contributed by atoms with van der Waals surface area (Å²) >= 11 is 0. The van der Waals surface area contributed by atoms with Gasteiger partial charge in [0, 0.05) is 26.2 Å². The van der Waals surface area contributed by atoms with Crippen LogP contribution in [0.15, 0.2) is 24.3 Å². The summed E-state index contributed by atoms with van der Waals surface area (Å²) in [6.45, 7) is 6.31. The van der Waals surface area contributed by atoms with Crippen LogP contribution >= 0.6 is 0 Å². The molecule has 2 aliphatic rings. The van der Waals surface area contributed by atoms with E-state index < -0.39 is 6.04 Å². The third kappa shape index (κ3) is 3.58. The van der Waals surface area contributed by atoms with Crippen LogP contribution in [0.3, 0.4) is 0 Å². The van der Waals surface area contributed by atoms with Gasteiger partial charge in [0.1, 0.15) is 0 Å². The zero-order valence-corrected chi connectivity index (χ0v) is 15.3. The van der Waals surface area contributed by atoms with Crippen molar-refractivity contribution in [2.45, 2.75) is 32.7 Å². The molecule has 7 nitrogen and oxygen atoms in total. The van der Waals surface area contributed by atoms with Crippen molar-refractivity contribution in [3.05, 3.63) is 29.8 Å². The van der Waals surface area contributed by atoms with Crippen molar-refractivity contribution in [1.29, 1.82) is 0 Å². The van der Waals surface area contributed by atoms with E-state index in [-0.39, 0.29) is 24.3 Å². The first kappa shape index (κ1) is 18.4. The number of piperazine rings is 1. The number of rotatable bonds is 4. The van der Waals surface area contributed by atoms with Gasteiger partial charge in [-0.2, -0.15) is 0 Å². The number of hydrogen-bond acceptors (Lipinski definition) is 5. The van der Waals surface area contributed by atoms with Gasteiger partial charge in [0.15, 0.2) is 0 Å². The minimum Gasteiger partial charge on any atom is -0.450 e. The topological polar surface area (TPSA) is 70.2 Å². The lowest BCUT2D eigenvalue weighted by molar-refractivity contribution is -0.123. The molecule has 0 spiro atoms. The highest BCUT2D eigenvalue weighted by Gasteiger charge is 2.43. The second kappa shape index (κ2) is 7.86. The molecular formula is C19H25N3O4. The molecule has 1 aromatic carbocycles. The summed E-state index contributed by atoms with van der Waals surface area (Å²) < 4.78 is 5.01. The molecule has 140 valence electrons. The van der Waals surface area contributed by atoms with E-state index in [2.05, 4.69) is 6.92 Å². The van der Waals surface area contributed by atoms with Crippen LogP contribution in [0.5, 0.6) is 0 Å². The summed E-state index contributed by atoms with van der Waals surface area (Å²) in [5.74, 6) is -0.346. The van der Waals surface area contributed by atoms with Crippen molar-refractivity contribution in [3.8, 4) is 0 Å². The molecule has 0 bridgehead atoms. The monoisotopic (exact) mass is 359 g/mol. The maximum atomic E-state index is 12.8. The van der Waals surface area contributed by atoms with E-state index in [9.17, 15) is 14.4 Å². The Kier molecular flexibility index (Phi) is 5.56.